The van der Waals surface area contributed by atoms with Crippen molar-refractivity contribution >= 4 is 34.6 Å². The number of ether oxygens (including phenoxy) is 1. The van der Waals surface area contributed by atoms with Gasteiger partial charge in [-0.1, -0.05) is 0 Å². The van der Waals surface area contributed by atoms with Crippen molar-refractivity contribution in [3.8, 4) is 0 Å². The number of carbonyl (C=O) groups excluding carboxylic acids is 3. The van der Waals surface area contributed by atoms with Crippen LogP contribution in [0.2, 0.25) is 0 Å². The van der Waals surface area contributed by atoms with Crippen molar-refractivity contribution in [2.75, 3.05) is 5.32 Å². The van der Waals surface area contributed by atoms with Crippen LogP contribution in [0.1, 0.15) is 22.2 Å². The molecule has 0 unspecified atom stereocenters. The Balaban J connectivity index is 2.73. The van der Waals surface area contributed by atoms with E-state index in [9.17, 15) is 14.4 Å². The number of hydrogen-bond acceptors (Lipinski definition) is 5. The SMILES string of the molecule is Cc1cc(C=O)c(NC(=O)[C@H](C)OC(N)=O)s1. The molecule has 92 valence electrons. The van der Waals surface area contributed by atoms with Crippen LogP contribution >= 0.6 is 11.3 Å². The number of aldehydes is 1. The third kappa shape index (κ3) is 3.56. The van der Waals surface area contributed by atoms with E-state index in [0.29, 0.717) is 16.9 Å². The van der Waals surface area contributed by atoms with Gasteiger partial charge in [-0.25, -0.2) is 4.79 Å². The van der Waals surface area contributed by atoms with Crippen LogP contribution in [0.5, 0.6) is 0 Å². The molecule has 0 aliphatic heterocycles. The van der Waals surface area contributed by atoms with Crippen LogP contribution in [0.25, 0.3) is 0 Å². The molecule has 0 saturated carbocycles. The summed E-state index contributed by atoms with van der Waals surface area (Å²) in [6.07, 6.45) is -1.38. The molecule has 2 amide bonds. The highest BCUT2D eigenvalue weighted by atomic mass is 32.1. The van der Waals surface area contributed by atoms with E-state index in [1.54, 1.807) is 6.07 Å². The maximum Gasteiger partial charge on any atom is 0.405 e. The largest absolute Gasteiger partial charge is 0.437 e. The van der Waals surface area contributed by atoms with E-state index in [1.165, 1.54) is 18.3 Å². The summed E-state index contributed by atoms with van der Waals surface area (Å²) in [5.41, 5.74) is 5.19. The van der Waals surface area contributed by atoms with Crippen LogP contribution in [0.15, 0.2) is 6.07 Å². The number of nitrogens with two attached hydrogens (primary N) is 1. The van der Waals surface area contributed by atoms with E-state index in [0.717, 1.165) is 4.88 Å². The summed E-state index contributed by atoms with van der Waals surface area (Å²) in [5.74, 6) is -0.534. The molecule has 1 heterocycles. The molecular formula is C10H12N2O4S. The highest BCUT2D eigenvalue weighted by Gasteiger charge is 2.18. The molecular weight excluding hydrogens is 244 g/mol. The first-order chi connectivity index (χ1) is 7.93. The zero-order chi connectivity index (χ0) is 13.0. The van der Waals surface area contributed by atoms with Crippen molar-refractivity contribution in [2.24, 2.45) is 5.73 Å². The van der Waals surface area contributed by atoms with Gasteiger partial charge in [0.1, 0.15) is 5.00 Å². The van der Waals surface area contributed by atoms with Crippen LogP contribution in [0.3, 0.4) is 0 Å². The van der Waals surface area contributed by atoms with Gasteiger partial charge in [0.05, 0.1) is 0 Å². The zero-order valence-electron chi connectivity index (χ0n) is 9.35. The van der Waals surface area contributed by atoms with Gasteiger partial charge < -0.3 is 15.8 Å². The lowest BCUT2D eigenvalue weighted by Gasteiger charge is -2.10. The molecule has 3 N–H and O–H groups in total. The Hall–Kier alpha value is -1.89. The molecule has 0 saturated heterocycles. The third-order valence-corrected chi connectivity index (χ3v) is 2.89. The van der Waals surface area contributed by atoms with Gasteiger partial charge >= 0.3 is 6.09 Å². The Morgan fingerprint density at radius 1 is 1.59 bits per heavy atom. The Morgan fingerprint density at radius 3 is 2.76 bits per heavy atom. The third-order valence-electron chi connectivity index (χ3n) is 1.91. The molecule has 1 rings (SSSR count). The van der Waals surface area contributed by atoms with E-state index >= 15 is 0 Å². The fourth-order valence-corrected chi connectivity index (χ4v) is 2.04. The Bertz CT molecular complexity index is 455. The number of aryl methyl sites for hydroxylation is 1. The standard InChI is InChI=1S/C10H12N2O4S/c1-5-3-7(4-13)9(17-5)12-8(14)6(2)16-10(11)15/h3-4,6H,1-2H3,(H2,11,15)(H,12,14)/t6-/m0/s1. The number of nitrogens with one attached hydrogen (secondary N) is 1. The fourth-order valence-electron chi connectivity index (χ4n) is 1.16. The summed E-state index contributed by atoms with van der Waals surface area (Å²) < 4.78 is 4.51. The number of hydrogen-bond donors (Lipinski definition) is 2. The number of anilines is 1. The molecule has 0 aromatic carbocycles. The van der Waals surface area contributed by atoms with Crippen molar-refractivity contribution in [1.29, 1.82) is 0 Å². The normalized spacial score (nSPS) is 11.6. The highest BCUT2D eigenvalue weighted by molar-refractivity contribution is 7.16. The first kappa shape index (κ1) is 13.2. The minimum Gasteiger partial charge on any atom is -0.437 e. The van der Waals surface area contributed by atoms with Crippen molar-refractivity contribution in [3.63, 3.8) is 0 Å². The lowest BCUT2D eigenvalue weighted by molar-refractivity contribution is -0.123. The van der Waals surface area contributed by atoms with Crippen LogP contribution in [0.4, 0.5) is 9.80 Å². The lowest BCUT2D eigenvalue weighted by Crippen LogP contribution is -2.31. The molecule has 7 heteroatoms. The van der Waals surface area contributed by atoms with Gasteiger partial charge in [0.25, 0.3) is 5.91 Å². The molecule has 1 atom stereocenters. The number of rotatable bonds is 4. The average Bonchev–Trinajstić information content (AvgIpc) is 2.57. The van der Waals surface area contributed by atoms with Crippen LogP contribution < -0.4 is 11.1 Å². The molecule has 6 nitrogen and oxygen atoms in total. The molecule has 0 spiro atoms. The topological polar surface area (TPSA) is 98.5 Å². The quantitative estimate of drug-likeness (QED) is 0.793. The van der Waals surface area contributed by atoms with Gasteiger partial charge in [0.15, 0.2) is 12.4 Å². The van der Waals surface area contributed by atoms with Crippen LogP contribution in [-0.2, 0) is 9.53 Å². The van der Waals surface area contributed by atoms with E-state index in [1.807, 2.05) is 6.92 Å². The van der Waals surface area contributed by atoms with Gasteiger partial charge in [-0.2, -0.15) is 0 Å². The minimum absolute atomic E-state index is 0.395. The molecule has 1 aromatic heterocycles. The molecule has 0 bridgehead atoms. The fraction of sp³-hybridized carbons (Fsp3) is 0.300. The second-order valence-electron chi connectivity index (χ2n) is 3.33. The second kappa shape index (κ2) is 5.44. The number of carbonyl (C=O) groups is 3. The van der Waals surface area contributed by atoms with Gasteiger partial charge in [-0.15, -0.1) is 11.3 Å². The predicted octanol–water partition coefficient (Wildman–Crippen LogP) is 1.29. The molecule has 0 aliphatic carbocycles. The number of amides is 2. The second-order valence-corrected chi connectivity index (χ2v) is 4.58. The first-order valence-electron chi connectivity index (χ1n) is 4.76. The molecule has 0 radical (unpaired) electrons. The Morgan fingerprint density at radius 2 is 2.24 bits per heavy atom. The summed E-state index contributed by atoms with van der Waals surface area (Å²) in [7, 11) is 0. The van der Waals surface area contributed by atoms with Crippen molar-refractivity contribution < 1.29 is 19.1 Å². The smallest absolute Gasteiger partial charge is 0.405 e. The van der Waals surface area contributed by atoms with Gasteiger partial charge in [0, 0.05) is 10.4 Å². The molecule has 1 aromatic rings. The van der Waals surface area contributed by atoms with E-state index in [2.05, 4.69) is 10.1 Å². The predicted molar refractivity (Wildman–Crippen MR) is 63.2 cm³/mol. The van der Waals surface area contributed by atoms with E-state index < -0.39 is 18.1 Å². The highest BCUT2D eigenvalue weighted by Crippen LogP contribution is 2.26. The number of thiophene rings is 1. The number of primary amides is 1. The monoisotopic (exact) mass is 256 g/mol. The summed E-state index contributed by atoms with van der Waals surface area (Å²) in [6.45, 7) is 3.21. The zero-order valence-corrected chi connectivity index (χ0v) is 10.2. The minimum atomic E-state index is -1.02. The maximum atomic E-state index is 11.6. The van der Waals surface area contributed by atoms with Crippen LogP contribution in [-0.4, -0.2) is 24.4 Å². The summed E-state index contributed by atoms with van der Waals surface area (Å²) in [4.78, 5) is 33.6. The van der Waals surface area contributed by atoms with Crippen molar-refractivity contribution in [1.82, 2.24) is 0 Å². The van der Waals surface area contributed by atoms with Gasteiger partial charge in [-0.05, 0) is 19.9 Å². The van der Waals surface area contributed by atoms with E-state index in [4.69, 9.17) is 5.73 Å². The molecule has 0 aliphatic rings. The van der Waals surface area contributed by atoms with Crippen molar-refractivity contribution in [2.45, 2.75) is 20.0 Å². The van der Waals surface area contributed by atoms with Gasteiger partial charge in [0.2, 0.25) is 0 Å². The van der Waals surface area contributed by atoms with Crippen molar-refractivity contribution in [3.05, 3.63) is 16.5 Å². The molecule has 0 fully saturated rings. The molecule has 17 heavy (non-hydrogen) atoms. The van der Waals surface area contributed by atoms with E-state index in [-0.39, 0.29) is 0 Å². The Labute approximate surface area is 102 Å². The van der Waals surface area contributed by atoms with Gasteiger partial charge in [-0.3, -0.25) is 9.59 Å². The maximum absolute atomic E-state index is 11.6. The first-order valence-corrected chi connectivity index (χ1v) is 5.58. The average molecular weight is 256 g/mol. The Kier molecular flexibility index (Phi) is 4.22. The lowest BCUT2D eigenvalue weighted by atomic mass is 10.3. The van der Waals surface area contributed by atoms with Crippen LogP contribution in [0, 0.1) is 6.92 Å². The summed E-state index contributed by atoms with van der Waals surface area (Å²) in [6, 6.07) is 1.66. The summed E-state index contributed by atoms with van der Waals surface area (Å²) in [5, 5.41) is 2.94. The summed E-state index contributed by atoms with van der Waals surface area (Å²) >= 11 is 1.27.